The number of hydrogen-bond acceptors (Lipinski definition) is 12. The SMILES string of the molecule is C#CC1(O)C(O)C(COP(=O)(O)OP(=O)(O)OP(=O)(O)O)OC1n1ccc2c(N)ncnc21. The van der Waals surface area contributed by atoms with Crippen LogP contribution in [0.2, 0.25) is 0 Å². The standard InChI is InChI=1S/C13H17N4O13P3/c1-2-13(19)9(18)8(5-27-32(23,24)30-33(25,26)29-31(20,21)22)28-12(13)17-4-3-7-10(14)15-6-16-11(7)17/h1,3-4,6,8-9,12,18-19H,5H2,(H,23,24)(H,25,26)(H2,14,15,16)(H2,20,21,22). The summed E-state index contributed by atoms with van der Waals surface area (Å²) in [5.74, 6) is 2.08. The van der Waals surface area contributed by atoms with E-state index in [1.54, 1.807) is 0 Å². The number of terminal acetylenes is 1. The smallest absolute Gasteiger partial charge is 0.386 e. The number of fused-ring (bicyclic) bond motifs is 1. The van der Waals surface area contributed by atoms with E-state index in [2.05, 4.69) is 23.1 Å². The second-order valence-corrected chi connectivity index (χ2v) is 11.0. The van der Waals surface area contributed by atoms with Crippen molar-refractivity contribution in [3.05, 3.63) is 18.6 Å². The number of phosphoric ester groups is 1. The first-order valence-electron chi connectivity index (χ1n) is 8.47. The molecule has 0 saturated carbocycles. The molecule has 1 aliphatic rings. The molecule has 20 heteroatoms. The first kappa shape index (κ1) is 25.9. The summed E-state index contributed by atoms with van der Waals surface area (Å²) in [5, 5.41) is 21.7. The number of nitrogens with zero attached hydrogens (tertiary/aromatic N) is 3. The number of nitrogen functional groups attached to an aromatic ring is 1. The van der Waals surface area contributed by atoms with Crippen LogP contribution in [0.1, 0.15) is 6.23 Å². The third kappa shape index (κ3) is 5.51. The number of rotatable bonds is 8. The Morgan fingerprint density at radius 3 is 2.48 bits per heavy atom. The van der Waals surface area contributed by atoms with Gasteiger partial charge >= 0.3 is 23.5 Å². The first-order chi connectivity index (χ1) is 15.1. The van der Waals surface area contributed by atoms with Crippen LogP contribution in [0.3, 0.4) is 0 Å². The molecule has 3 rings (SSSR count). The zero-order chi connectivity index (χ0) is 24.8. The van der Waals surface area contributed by atoms with Crippen molar-refractivity contribution in [2.75, 3.05) is 12.3 Å². The number of anilines is 1. The summed E-state index contributed by atoms with van der Waals surface area (Å²) in [4.78, 5) is 43.6. The van der Waals surface area contributed by atoms with Crippen molar-refractivity contribution >= 4 is 40.3 Å². The van der Waals surface area contributed by atoms with Gasteiger partial charge in [0.1, 0.15) is 30.0 Å². The molecule has 6 atom stereocenters. The molecule has 3 heterocycles. The lowest BCUT2D eigenvalue weighted by Crippen LogP contribution is -2.45. The molecule has 1 saturated heterocycles. The summed E-state index contributed by atoms with van der Waals surface area (Å²) in [6.45, 7) is -1.04. The average molecular weight is 530 g/mol. The van der Waals surface area contributed by atoms with E-state index in [-0.39, 0.29) is 11.5 Å². The Morgan fingerprint density at radius 2 is 1.88 bits per heavy atom. The molecule has 0 spiro atoms. The van der Waals surface area contributed by atoms with E-state index in [0.717, 1.165) is 6.33 Å². The average Bonchev–Trinajstić information content (AvgIpc) is 3.18. The first-order valence-corrected chi connectivity index (χ1v) is 13.0. The molecule has 182 valence electrons. The number of aromatic nitrogens is 3. The van der Waals surface area contributed by atoms with Crippen molar-refractivity contribution in [2.45, 2.75) is 24.0 Å². The summed E-state index contributed by atoms with van der Waals surface area (Å²) in [6.07, 6.45) is 2.86. The lowest BCUT2D eigenvalue weighted by molar-refractivity contribution is -0.0715. The Morgan fingerprint density at radius 1 is 1.21 bits per heavy atom. The fraction of sp³-hybridized carbons (Fsp3) is 0.385. The summed E-state index contributed by atoms with van der Waals surface area (Å²) < 4.78 is 52.3. The number of hydrogen-bond donors (Lipinski definition) is 7. The highest BCUT2D eigenvalue weighted by Gasteiger charge is 2.56. The summed E-state index contributed by atoms with van der Waals surface area (Å²) in [6, 6.07) is 1.48. The van der Waals surface area contributed by atoms with E-state index in [1.807, 2.05) is 5.92 Å². The van der Waals surface area contributed by atoms with E-state index >= 15 is 0 Å². The van der Waals surface area contributed by atoms with Gasteiger partial charge in [-0.05, 0) is 6.07 Å². The molecule has 1 fully saturated rings. The van der Waals surface area contributed by atoms with Crippen LogP contribution in [0.15, 0.2) is 18.6 Å². The third-order valence-corrected chi connectivity index (χ3v) is 8.13. The second-order valence-electron chi connectivity index (χ2n) is 6.55. The van der Waals surface area contributed by atoms with Crippen molar-refractivity contribution in [3.8, 4) is 12.3 Å². The Kier molecular flexibility index (Phi) is 6.91. The molecule has 0 bridgehead atoms. The maximum Gasteiger partial charge on any atom is 0.490 e. The largest absolute Gasteiger partial charge is 0.490 e. The van der Waals surface area contributed by atoms with Crippen molar-refractivity contribution < 1.29 is 61.4 Å². The molecule has 17 nitrogen and oxygen atoms in total. The monoisotopic (exact) mass is 530 g/mol. The molecule has 8 N–H and O–H groups in total. The highest BCUT2D eigenvalue weighted by atomic mass is 31.3. The van der Waals surface area contributed by atoms with Crippen LogP contribution in [-0.2, 0) is 31.6 Å². The highest BCUT2D eigenvalue weighted by Crippen LogP contribution is 2.66. The maximum atomic E-state index is 11.9. The van der Waals surface area contributed by atoms with E-state index < -0.39 is 54.1 Å². The van der Waals surface area contributed by atoms with E-state index in [9.17, 15) is 33.7 Å². The molecular formula is C13H17N4O13P3. The minimum Gasteiger partial charge on any atom is -0.386 e. The Labute approximate surface area is 184 Å². The van der Waals surface area contributed by atoms with Gasteiger partial charge in [-0.3, -0.25) is 4.52 Å². The Balaban J connectivity index is 1.79. The van der Waals surface area contributed by atoms with Crippen LogP contribution in [0, 0.1) is 12.3 Å². The van der Waals surface area contributed by atoms with Crippen LogP contribution in [0.4, 0.5) is 5.82 Å². The van der Waals surface area contributed by atoms with Gasteiger partial charge in [-0.1, -0.05) is 5.92 Å². The van der Waals surface area contributed by atoms with Crippen molar-refractivity contribution in [3.63, 3.8) is 0 Å². The van der Waals surface area contributed by atoms with Gasteiger partial charge in [0.25, 0.3) is 0 Å². The van der Waals surface area contributed by atoms with Crippen LogP contribution in [0.25, 0.3) is 11.0 Å². The Hall–Kier alpha value is -1.73. The molecule has 33 heavy (non-hydrogen) atoms. The second kappa shape index (κ2) is 8.81. The van der Waals surface area contributed by atoms with Gasteiger partial charge in [-0.25, -0.2) is 23.7 Å². The molecule has 2 aromatic heterocycles. The fourth-order valence-corrected chi connectivity index (χ4v) is 6.02. The van der Waals surface area contributed by atoms with Crippen molar-refractivity contribution in [1.82, 2.24) is 14.5 Å². The molecular weight excluding hydrogens is 513 g/mol. The maximum absolute atomic E-state index is 11.9. The number of phosphoric acid groups is 3. The quantitative estimate of drug-likeness (QED) is 0.159. The van der Waals surface area contributed by atoms with Gasteiger partial charge in [-0.15, -0.1) is 6.42 Å². The number of ether oxygens (including phenoxy) is 1. The Bertz CT molecular complexity index is 1240. The zero-order valence-corrected chi connectivity index (χ0v) is 18.7. The molecule has 1 aliphatic heterocycles. The van der Waals surface area contributed by atoms with E-state index in [0.29, 0.717) is 5.39 Å². The van der Waals surface area contributed by atoms with Gasteiger partial charge in [0.15, 0.2) is 11.8 Å². The number of aliphatic hydroxyl groups is 2. The minimum atomic E-state index is -5.74. The number of aliphatic hydroxyl groups excluding tert-OH is 1. The zero-order valence-electron chi connectivity index (χ0n) is 16.1. The molecule has 0 radical (unpaired) electrons. The number of nitrogens with two attached hydrogens (primary N) is 1. The summed E-state index contributed by atoms with van der Waals surface area (Å²) in [7, 11) is -16.8. The molecule has 6 unspecified atom stereocenters. The lowest BCUT2D eigenvalue weighted by atomic mass is 9.95. The van der Waals surface area contributed by atoms with Gasteiger partial charge in [0.05, 0.1) is 12.0 Å². The summed E-state index contributed by atoms with van der Waals surface area (Å²) in [5.41, 5.74) is 3.52. The van der Waals surface area contributed by atoms with Gasteiger partial charge in [-0.2, -0.15) is 8.62 Å². The van der Waals surface area contributed by atoms with Crippen LogP contribution < -0.4 is 5.73 Å². The molecule has 0 amide bonds. The molecule has 0 aliphatic carbocycles. The minimum absolute atomic E-state index is 0.103. The van der Waals surface area contributed by atoms with Crippen LogP contribution in [-0.4, -0.2) is 68.7 Å². The topological polar surface area (TPSA) is 266 Å². The normalized spacial score (nSPS) is 29.4. The lowest BCUT2D eigenvalue weighted by Gasteiger charge is -2.26. The van der Waals surface area contributed by atoms with Crippen LogP contribution >= 0.6 is 23.5 Å². The summed E-state index contributed by atoms with van der Waals surface area (Å²) >= 11 is 0. The van der Waals surface area contributed by atoms with E-state index in [1.165, 1.54) is 16.8 Å². The molecule has 0 aromatic carbocycles. The highest BCUT2D eigenvalue weighted by molar-refractivity contribution is 7.66. The third-order valence-electron chi connectivity index (χ3n) is 4.33. The molecule has 2 aromatic rings. The van der Waals surface area contributed by atoms with Gasteiger partial charge in [0.2, 0.25) is 0 Å². The predicted molar refractivity (Wildman–Crippen MR) is 105 cm³/mol. The van der Waals surface area contributed by atoms with Crippen molar-refractivity contribution in [1.29, 1.82) is 0 Å². The van der Waals surface area contributed by atoms with E-state index in [4.69, 9.17) is 26.7 Å². The van der Waals surface area contributed by atoms with Gasteiger partial charge < -0.3 is 44.8 Å². The van der Waals surface area contributed by atoms with Crippen molar-refractivity contribution in [2.24, 2.45) is 0 Å². The fourth-order valence-electron chi connectivity index (χ4n) is 2.99. The predicted octanol–water partition coefficient (Wildman–Crippen LogP) is -1.02. The van der Waals surface area contributed by atoms with Crippen LogP contribution in [0.5, 0.6) is 0 Å². The van der Waals surface area contributed by atoms with Gasteiger partial charge in [0, 0.05) is 6.20 Å².